The first-order valence-corrected chi connectivity index (χ1v) is 9.06. The van der Waals surface area contributed by atoms with Crippen LogP contribution in [0.3, 0.4) is 0 Å². The number of nitrogens with one attached hydrogen (secondary N) is 2. The zero-order valence-electron chi connectivity index (χ0n) is 16.9. The van der Waals surface area contributed by atoms with Crippen molar-refractivity contribution in [2.24, 2.45) is 5.41 Å². The SMILES string of the molecule is CC(=O)Nc1cccc(C(=O)Nc2ccccc2C(=O)OCC(=O)C(C)(C)C)c1. The molecule has 2 aromatic carbocycles. The van der Waals surface area contributed by atoms with E-state index in [1.54, 1.807) is 57.2 Å². The van der Waals surface area contributed by atoms with Crippen LogP contribution >= 0.6 is 0 Å². The summed E-state index contributed by atoms with van der Waals surface area (Å²) in [4.78, 5) is 48.2. The fraction of sp³-hybridized carbons (Fsp3) is 0.273. The largest absolute Gasteiger partial charge is 0.454 e. The predicted molar refractivity (Wildman–Crippen MR) is 110 cm³/mol. The molecule has 0 aromatic heterocycles. The molecule has 2 amide bonds. The number of hydrogen-bond donors (Lipinski definition) is 2. The number of Topliss-reactive ketones (excluding diaryl/α,β-unsaturated/α-hetero) is 1. The van der Waals surface area contributed by atoms with Crippen LogP contribution in [-0.2, 0) is 14.3 Å². The predicted octanol–water partition coefficient (Wildman–Crippen LogP) is 3.67. The Morgan fingerprint density at radius 2 is 1.62 bits per heavy atom. The van der Waals surface area contributed by atoms with Gasteiger partial charge in [0.2, 0.25) is 5.91 Å². The monoisotopic (exact) mass is 396 g/mol. The van der Waals surface area contributed by atoms with Gasteiger partial charge in [0.15, 0.2) is 12.4 Å². The number of rotatable bonds is 6. The summed E-state index contributed by atoms with van der Waals surface area (Å²) >= 11 is 0. The lowest BCUT2D eigenvalue weighted by atomic mass is 9.91. The molecule has 0 fully saturated rings. The summed E-state index contributed by atoms with van der Waals surface area (Å²) in [5.41, 5.74) is 0.574. The van der Waals surface area contributed by atoms with Crippen LogP contribution in [-0.4, -0.2) is 30.2 Å². The first-order chi connectivity index (χ1) is 13.6. The second kappa shape index (κ2) is 9.14. The van der Waals surface area contributed by atoms with E-state index in [2.05, 4.69) is 10.6 Å². The van der Waals surface area contributed by atoms with E-state index in [9.17, 15) is 19.2 Å². The van der Waals surface area contributed by atoms with E-state index in [1.165, 1.54) is 19.1 Å². The summed E-state index contributed by atoms with van der Waals surface area (Å²) in [5, 5.41) is 5.28. The van der Waals surface area contributed by atoms with E-state index in [1.807, 2.05) is 0 Å². The van der Waals surface area contributed by atoms with Gasteiger partial charge in [0.25, 0.3) is 5.91 Å². The average molecular weight is 396 g/mol. The van der Waals surface area contributed by atoms with Gasteiger partial charge in [-0.25, -0.2) is 4.79 Å². The van der Waals surface area contributed by atoms with Crippen LogP contribution in [0.25, 0.3) is 0 Å². The van der Waals surface area contributed by atoms with E-state index >= 15 is 0 Å². The van der Waals surface area contributed by atoms with Gasteiger partial charge >= 0.3 is 5.97 Å². The summed E-state index contributed by atoms with van der Waals surface area (Å²) in [7, 11) is 0. The third-order valence-electron chi connectivity index (χ3n) is 4.01. The third kappa shape index (κ3) is 6.27. The van der Waals surface area contributed by atoms with E-state index < -0.39 is 17.3 Å². The van der Waals surface area contributed by atoms with Crippen molar-refractivity contribution in [1.82, 2.24) is 0 Å². The van der Waals surface area contributed by atoms with Gasteiger partial charge in [-0.2, -0.15) is 0 Å². The van der Waals surface area contributed by atoms with Crippen molar-refractivity contribution in [2.45, 2.75) is 27.7 Å². The lowest BCUT2D eigenvalue weighted by molar-refractivity contribution is -0.129. The standard InChI is InChI=1S/C22H24N2O5/c1-14(25)23-16-9-7-8-15(12-16)20(27)24-18-11-6-5-10-17(18)21(28)29-13-19(26)22(2,3)4/h5-12H,13H2,1-4H3,(H,23,25)(H,24,27). The fourth-order valence-corrected chi connectivity index (χ4v) is 2.33. The van der Waals surface area contributed by atoms with Crippen LogP contribution in [0.15, 0.2) is 48.5 Å². The van der Waals surface area contributed by atoms with Gasteiger partial charge < -0.3 is 15.4 Å². The maximum Gasteiger partial charge on any atom is 0.340 e. The van der Waals surface area contributed by atoms with Crippen molar-refractivity contribution in [3.8, 4) is 0 Å². The fourth-order valence-electron chi connectivity index (χ4n) is 2.33. The lowest BCUT2D eigenvalue weighted by Crippen LogP contribution is -2.26. The highest BCUT2D eigenvalue weighted by Gasteiger charge is 2.23. The van der Waals surface area contributed by atoms with Gasteiger partial charge in [-0.1, -0.05) is 39.0 Å². The number of benzene rings is 2. The Hall–Kier alpha value is -3.48. The molecule has 0 aliphatic heterocycles. The smallest absolute Gasteiger partial charge is 0.340 e. The molecule has 0 heterocycles. The number of anilines is 2. The van der Waals surface area contributed by atoms with Crippen molar-refractivity contribution in [3.05, 3.63) is 59.7 Å². The highest BCUT2D eigenvalue weighted by atomic mass is 16.5. The van der Waals surface area contributed by atoms with Crippen molar-refractivity contribution < 1.29 is 23.9 Å². The van der Waals surface area contributed by atoms with Crippen molar-refractivity contribution in [1.29, 1.82) is 0 Å². The highest BCUT2D eigenvalue weighted by molar-refractivity contribution is 6.08. The molecule has 152 valence electrons. The summed E-state index contributed by atoms with van der Waals surface area (Å²) in [6.07, 6.45) is 0. The van der Waals surface area contributed by atoms with Crippen molar-refractivity contribution >= 4 is 34.9 Å². The van der Waals surface area contributed by atoms with E-state index in [-0.39, 0.29) is 29.5 Å². The first-order valence-electron chi connectivity index (χ1n) is 9.06. The molecule has 0 aliphatic rings. The number of carbonyl (C=O) groups is 4. The molecule has 0 spiro atoms. The molecule has 0 radical (unpaired) electrons. The Kier molecular flexibility index (Phi) is 6.88. The van der Waals surface area contributed by atoms with Crippen LogP contribution in [0.5, 0.6) is 0 Å². The molecular formula is C22H24N2O5. The molecule has 0 saturated heterocycles. The molecule has 7 heteroatoms. The number of esters is 1. The molecule has 0 unspecified atom stereocenters. The number of ether oxygens (including phenoxy) is 1. The minimum absolute atomic E-state index is 0.139. The van der Waals surface area contributed by atoms with Gasteiger partial charge in [-0.05, 0) is 30.3 Å². The first kappa shape index (κ1) is 21.8. The van der Waals surface area contributed by atoms with Crippen molar-refractivity contribution in [2.75, 3.05) is 17.2 Å². The summed E-state index contributed by atoms with van der Waals surface area (Å²) < 4.78 is 5.12. The van der Waals surface area contributed by atoms with Gasteiger partial charge in [-0.15, -0.1) is 0 Å². The van der Waals surface area contributed by atoms with E-state index in [0.717, 1.165) is 0 Å². The van der Waals surface area contributed by atoms with E-state index in [4.69, 9.17) is 4.74 Å². The summed E-state index contributed by atoms with van der Waals surface area (Å²) in [5.74, 6) is -1.61. The van der Waals surface area contributed by atoms with Crippen LogP contribution in [0.1, 0.15) is 48.4 Å². The molecule has 0 saturated carbocycles. The second-order valence-corrected chi connectivity index (χ2v) is 7.51. The Morgan fingerprint density at radius 1 is 0.931 bits per heavy atom. The molecule has 7 nitrogen and oxygen atoms in total. The van der Waals surface area contributed by atoms with Gasteiger partial charge in [0.1, 0.15) is 0 Å². The molecular weight excluding hydrogens is 372 g/mol. The minimum Gasteiger partial charge on any atom is -0.454 e. The minimum atomic E-state index is -0.703. The van der Waals surface area contributed by atoms with Gasteiger partial charge in [-0.3, -0.25) is 14.4 Å². The van der Waals surface area contributed by atoms with Crippen LogP contribution in [0, 0.1) is 5.41 Å². The maximum absolute atomic E-state index is 12.6. The normalized spacial score (nSPS) is 10.8. The second-order valence-electron chi connectivity index (χ2n) is 7.51. The lowest BCUT2D eigenvalue weighted by Gasteiger charge is -2.17. The number of amides is 2. The number of ketones is 1. The van der Waals surface area contributed by atoms with Gasteiger partial charge in [0, 0.05) is 23.6 Å². The molecule has 2 rings (SSSR count). The molecule has 0 atom stereocenters. The van der Waals surface area contributed by atoms with Crippen LogP contribution < -0.4 is 10.6 Å². The molecule has 29 heavy (non-hydrogen) atoms. The Morgan fingerprint density at radius 3 is 2.28 bits per heavy atom. The van der Waals surface area contributed by atoms with Crippen molar-refractivity contribution in [3.63, 3.8) is 0 Å². The Bertz CT molecular complexity index is 944. The highest BCUT2D eigenvalue weighted by Crippen LogP contribution is 2.20. The van der Waals surface area contributed by atoms with Crippen LogP contribution in [0.2, 0.25) is 0 Å². The topological polar surface area (TPSA) is 102 Å². The molecule has 2 N–H and O–H groups in total. The number of hydrogen-bond acceptors (Lipinski definition) is 5. The summed E-state index contributed by atoms with van der Waals surface area (Å²) in [6, 6.07) is 12.8. The quantitative estimate of drug-likeness (QED) is 0.726. The van der Waals surface area contributed by atoms with Crippen LogP contribution in [0.4, 0.5) is 11.4 Å². The Labute approximate surface area is 169 Å². The van der Waals surface area contributed by atoms with E-state index in [0.29, 0.717) is 11.3 Å². The number of para-hydroxylation sites is 1. The zero-order valence-corrected chi connectivity index (χ0v) is 16.9. The summed E-state index contributed by atoms with van der Waals surface area (Å²) in [6.45, 7) is 6.26. The molecule has 0 aliphatic carbocycles. The third-order valence-corrected chi connectivity index (χ3v) is 4.01. The molecule has 2 aromatic rings. The number of carbonyl (C=O) groups excluding carboxylic acids is 4. The zero-order chi connectivity index (χ0) is 21.6. The Balaban J connectivity index is 2.14. The van der Waals surface area contributed by atoms with Gasteiger partial charge in [0.05, 0.1) is 11.3 Å². The maximum atomic E-state index is 12.6. The average Bonchev–Trinajstić information content (AvgIpc) is 2.65. The molecule has 0 bridgehead atoms.